The highest BCUT2D eigenvalue weighted by Gasteiger charge is 2.23. The molecule has 2 atom stereocenters. The highest BCUT2D eigenvalue weighted by molar-refractivity contribution is 7.71. The summed E-state index contributed by atoms with van der Waals surface area (Å²) in [5.41, 5.74) is 0. The number of nitrogens with one attached hydrogen (secondary N) is 2. The number of aromatic amines is 1. The predicted octanol–water partition coefficient (Wildman–Crippen LogP) is 3.39. The fourth-order valence-corrected chi connectivity index (χ4v) is 2.87. The first-order valence-electron chi connectivity index (χ1n) is 6.93. The van der Waals surface area contributed by atoms with Crippen molar-refractivity contribution >= 4 is 29.5 Å². The van der Waals surface area contributed by atoms with E-state index >= 15 is 0 Å². The zero-order chi connectivity index (χ0) is 15.6. The summed E-state index contributed by atoms with van der Waals surface area (Å²) >= 11 is 6.85. The molecule has 0 bridgehead atoms. The third-order valence-corrected chi connectivity index (χ3v) is 4.74. The van der Waals surface area contributed by atoms with Gasteiger partial charge in [-0.2, -0.15) is 5.10 Å². The molecule has 21 heavy (non-hydrogen) atoms. The quantitative estimate of drug-likeness (QED) is 0.829. The molecule has 1 amide bonds. The molecule has 0 spiro atoms. The molecule has 0 saturated heterocycles. The van der Waals surface area contributed by atoms with Gasteiger partial charge in [-0.05, 0) is 43.4 Å². The Bertz CT molecular complexity index is 657. The molecule has 2 aromatic heterocycles. The van der Waals surface area contributed by atoms with Crippen molar-refractivity contribution in [1.82, 2.24) is 20.1 Å². The van der Waals surface area contributed by atoms with Crippen LogP contribution < -0.4 is 5.32 Å². The van der Waals surface area contributed by atoms with Gasteiger partial charge in [-0.3, -0.25) is 14.5 Å². The maximum absolute atomic E-state index is 12.4. The first-order valence-corrected chi connectivity index (χ1v) is 8.21. The number of hydrogen-bond donors (Lipinski definition) is 2. The van der Waals surface area contributed by atoms with E-state index in [2.05, 4.69) is 29.4 Å². The van der Waals surface area contributed by atoms with E-state index in [1.165, 1.54) is 0 Å². The molecular formula is C14H20N4OS2. The molecule has 2 rings (SSSR count). The average molecular weight is 324 g/mol. The van der Waals surface area contributed by atoms with Gasteiger partial charge < -0.3 is 5.32 Å². The Balaban J connectivity index is 2.28. The van der Waals surface area contributed by atoms with E-state index in [1.807, 2.05) is 31.4 Å². The van der Waals surface area contributed by atoms with Crippen LogP contribution in [0.1, 0.15) is 33.7 Å². The summed E-state index contributed by atoms with van der Waals surface area (Å²) in [4.78, 5) is 13.4. The van der Waals surface area contributed by atoms with Gasteiger partial charge in [-0.15, -0.1) is 11.3 Å². The monoisotopic (exact) mass is 324 g/mol. The molecular weight excluding hydrogens is 304 g/mol. The van der Waals surface area contributed by atoms with Crippen molar-refractivity contribution in [2.45, 2.75) is 39.8 Å². The number of hydrogen-bond acceptors (Lipinski definition) is 4. The second-order valence-corrected chi connectivity index (χ2v) is 6.75. The molecule has 0 aliphatic heterocycles. The lowest BCUT2D eigenvalue weighted by atomic mass is 10.1. The van der Waals surface area contributed by atoms with Crippen LogP contribution in [0.2, 0.25) is 0 Å². The number of aromatic nitrogens is 3. The maximum atomic E-state index is 12.4. The first-order chi connectivity index (χ1) is 9.91. The lowest BCUT2D eigenvalue weighted by molar-refractivity contribution is -0.124. The Labute approximate surface area is 133 Å². The van der Waals surface area contributed by atoms with Crippen molar-refractivity contribution < 1.29 is 4.79 Å². The highest BCUT2D eigenvalue weighted by Crippen LogP contribution is 2.25. The van der Waals surface area contributed by atoms with Crippen LogP contribution in [0.25, 0.3) is 10.7 Å². The second-order valence-electron chi connectivity index (χ2n) is 5.42. The fourth-order valence-electron chi connectivity index (χ4n) is 1.87. The molecule has 0 fully saturated rings. The molecule has 0 aliphatic rings. The van der Waals surface area contributed by atoms with E-state index in [9.17, 15) is 4.79 Å². The predicted molar refractivity (Wildman–Crippen MR) is 87.9 cm³/mol. The number of amides is 1. The molecule has 7 heteroatoms. The van der Waals surface area contributed by atoms with Crippen molar-refractivity contribution in [2.75, 3.05) is 0 Å². The van der Waals surface area contributed by atoms with E-state index < -0.39 is 6.04 Å². The number of nitrogens with zero attached hydrogens (tertiary/aromatic N) is 2. The topological polar surface area (TPSA) is 62.7 Å². The normalized spacial score (nSPS) is 14.1. The SMILES string of the molecule is CC(C)[C@@H](C)NC(=O)[C@H](C)n1c(-c2cccs2)n[nH]c1=S. The van der Waals surface area contributed by atoms with Crippen molar-refractivity contribution in [1.29, 1.82) is 0 Å². The zero-order valence-electron chi connectivity index (χ0n) is 12.6. The van der Waals surface area contributed by atoms with Gasteiger partial charge in [0, 0.05) is 6.04 Å². The Morgan fingerprint density at radius 2 is 2.14 bits per heavy atom. The van der Waals surface area contributed by atoms with Crippen LogP contribution in [0.5, 0.6) is 0 Å². The van der Waals surface area contributed by atoms with Gasteiger partial charge in [0.25, 0.3) is 0 Å². The van der Waals surface area contributed by atoms with Gasteiger partial charge in [0.15, 0.2) is 10.6 Å². The van der Waals surface area contributed by atoms with Gasteiger partial charge in [-0.1, -0.05) is 19.9 Å². The lowest BCUT2D eigenvalue weighted by Crippen LogP contribution is -2.40. The molecule has 0 radical (unpaired) electrons. The minimum absolute atomic E-state index is 0.0495. The van der Waals surface area contributed by atoms with Crippen LogP contribution >= 0.6 is 23.6 Å². The van der Waals surface area contributed by atoms with Crippen LogP contribution in [0.4, 0.5) is 0 Å². The van der Waals surface area contributed by atoms with E-state index in [1.54, 1.807) is 15.9 Å². The Hall–Kier alpha value is -1.47. The van der Waals surface area contributed by atoms with Crippen molar-refractivity contribution in [3.63, 3.8) is 0 Å². The van der Waals surface area contributed by atoms with Crippen molar-refractivity contribution in [3.05, 3.63) is 22.3 Å². The summed E-state index contributed by atoms with van der Waals surface area (Å²) in [7, 11) is 0. The van der Waals surface area contributed by atoms with Crippen molar-refractivity contribution in [3.8, 4) is 10.7 Å². The van der Waals surface area contributed by atoms with Gasteiger partial charge in [0.05, 0.1) is 4.88 Å². The average Bonchev–Trinajstić information content (AvgIpc) is 3.06. The molecule has 5 nitrogen and oxygen atoms in total. The van der Waals surface area contributed by atoms with Gasteiger partial charge in [0.2, 0.25) is 5.91 Å². The second kappa shape index (κ2) is 6.53. The summed E-state index contributed by atoms with van der Waals surface area (Å²) in [6.45, 7) is 8.00. The Morgan fingerprint density at radius 3 is 2.71 bits per heavy atom. The molecule has 2 heterocycles. The lowest BCUT2D eigenvalue weighted by Gasteiger charge is -2.21. The van der Waals surface area contributed by atoms with Crippen LogP contribution in [0, 0.1) is 10.7 Å². The van der Waals surface area contributed by atoms with Crippen LogP contribution in [0.3, 0.4) is 0 Å². The fraction of sp³-hybridized carbons (Fsp3) is 0.500. The number of thiophene rings is 1. The van der Waals surface area contributed by atoms with E-state index in [-0.39, 0.29) is 11.9 Å². The van der Waals surface area contributed by atoms with Crippen molar-refractivity contribution in [2.24, 2.45) is 5.92 Å². The minimum atomic E-state index is -0.408. The Kier molecular flexibility index (Phi) is 4.95. The largest absolute Gasteiger partial charge is 0.352 e. The molecule has 0 saturated carbocycles. The summed E-state index contributed by atoms with van der Waals surface area (Å²) in [5.74, 6) is 1.04. The van der Waals surface area contributed by atoms with Gasteiger partial charge in [-0.25, -0.2) is 0 Å². The smallest absolute Gasteiger partial charge is 0.243 e. The summed E-state index contributed by atoms with van der Waals surface area (Å²) in [6, 6.07) is 3.63. The number of H-pyrrole nitrogens is 1. The van der Waals surface area contributed by atoms with Gasteiger partial charge >= 0.3 is 0 Å². The molecule has 0 aliphatic carbocycles. The zero-order valence-corrected chi connectivity index (χ0v) is 14.2. The summed E-state index contributed by atoms with van der Waals surface area (Å²) in [6.07, 6.45) is 0. The third kappa shape index (κ3) is 3.41. The standard InChI is InChI=1S/C14H20N4OS2/c1-8(2)9(3)15-13(19)10(4)18-12(16-17-14(18)20)11-6-5-7-21-11/h5-10H,1-4H3,(H,15,19)(H,17,20)/t9-,10+/m1/s1. The van der Waals surface area contributed by atoms with Crippen LogP contribution in [0.15, 0.2) is 17.5 Å². The number of carbonyl (C=O) groups excluding carboxylic acids is 1. The minimum Gasteiger partial charge on any atom is -0.352 e. The highest BCUT2D eigenvalue weighted by atomic mass is 32.1. The molecule has 2 N–H and O–H groups in total. The van der Waals surface area contributed by atoms with Crippen LogP contribution in [-0.2, 0) is 4.79 Å². The van der Waals surface area contributed by atoms with E-state index in [0.29, 0.717) is 16.5 Å². The summed E-state index contributed by atoms with van der Waals surface area (Å²) < 4.78 is 2.22. The molecule has 0 unspecified atom stereocenters. The summed E-state index contributed by atoms with van der Waals surface area (Å²) in [5, 5.41) is 12.0. The maximum Gasteiger partial charge on any atom is 0.243 e. The molecule has 2 aromatic rings. The molecule has 114 valence electrons. The van der Waals surface area contributed by atoms with Gasteiger partial charge in [0.1, 0.15) is 6.04 Å². The number of rotatable bonds is 5. The molecule has 0 aromatic carbocycles. The van der Waals surface area contributed by atoms with E-state index in [0.717, 1.165) is 4.88 Å². The van der Waals surface area contributed by atoms with E-state index in [4.69, 9.17) is 12.2 Å². The third-order valence-electron chi connectivity index (χ3n) is 3.58. The number of carbonyl (C=O) groups is 1. The van der Waals surface area contributed by atoms with Crippen LogP contribution in [-0.4, -0.2) is 26.7 Å². The Morgan fingerprint density at radius 1 is 1.43 bits per heavy atom. The first kappa shape index (κ1) is 15.9.